The predicted molar refractivity (Wildman–Crippen MR) is 110 cm³/mol. The van der Waals surface area contributed by atoms with Gasteiger partial charge in [-0.2, -0.15) is 0 Å². The number of benzene rings is 2. The summed E-state index contributed by atoms with van der Waals surface area (Å²) >= 11 is 0. The van der Waals surface area contributed by atoms with Crippen LogP contribution in [0.3, 0.4) is 0 Å². The van der Waals surface area contributed by atoms with Crippen LogP contribution in [0.5, 0.6) is 0 Å². The van der Waals surface area contributed by atoms with Gasteiger partial charge < -0.3 is 10.1 Å². The number of aromatic nitrogens is 2. The Balaban J connectivity index is 1.69. The molecule has 1 amide bonds. The van der Waals surface area contributed by atoms with Crippen molar-refractivity contribution in [1.29, 1.82) is 0 Å². The minimum absolute atomic E-state index is 0.157. The number of rotatable bonds is 6. The van der Waals surface area contributed by atoms with Gasteiger partial charge in [-0.3, -0.25) is 14.3 Å². The molecule has 1 N–H and O–H groups in total. The lowest BCUT2D eigenvalue weighted by Gasteiger charge is -2.07. The topological polar surface area (TPSA) is 82.3 Å². The van der Waals surface area contributed by atoms with Gasteiger partial charge in [-0.1, -0.05) is 37.3 Å². The Bertz CT molecular complexity index is 1080. The van der Waals surface area contributed by atoms with Crippen molar-refractivity contribution in [2.24, 2.45) is 7.05 Å². The van der Waals surface area contributed by atoms with Gasteiger partial charge in [0.05, 0.1) is 16.9 Å². The van der Waals surface area contributed by atoms with Crippen LogP contribution in [0, 0.1) is 6.92 Å². The molecule has 0 radical (unpaired) electrons. The standard InChI is InChI=1S/C22H23N3O4/c1-4-16-10-12-17(13-11-16)22(28)29-14-19(26)23-20-15(2)24(3)25(21(20)27)18-8-6-5-7-9-18/h5-13H,4,14H2,1-3H3,(H,23,26). The summed E-state index contributed by atoms with van der Waals surface area (Å²) < 4.78 is 8.20. The summed E-state index contributed by atoms with van der Waals surface area (Å²) in [4.78, 5) is 37.2. The van der Waals surface area contributed by atoms with E-state index in [0.717, 1.165) is 12.0 Å². The molecule has 0 aliphatic heterocycles. The highest BCUT2D eigenvalue weighted by Gasteiger charge is 2.19. The zero-order valence-corrected chi connectivity index (χ0v) is 16.6. The van der Waals surface area contributed by atoms with Crippen molar-refractivity contribution in [3.63, 3.8) is 0 Å². The number of anilines is 1. The monoisotopic (exact) mass is 393 g/mol. The number of aryl methyl sites for hydroxylation is 1. The highest BCUT2D eigenvalue weighted by atomic mass is 16.5. The number of hydrogen-bond acceptors (Lipinski definition) is 4. The molecule has 0 atom stereocenters. The third-order valence-electron chi connectivity index (χ3n) is 4.75. The molecule has 3 aromatic rings. The molecule has 7 heteroatoms. The molecule has 0 spiro atoms. The molecule has 1 heterocycles. The lowest BCUT2D eigenvalue weighted by molar-refractivity contribution is -0.119. The molecule has 0 aliphatic carbocycles. The van der Waals surface area contributed by atoms with Crippen molar-refractivity contribution >= 4 is 17.6 Å². The molecule has 0 aliphatic rings. The summed E-state index contributed by atoms with van der Waals surface area (Å²) in [5.74, 6) is -1.16. The molecule has 1 aromatic heterocycles. The highest BCUT2D eigenvalue weighted by Crippen LogP contribution is 2.14. The van der Waals surface area contributed by atoms with Gasteiger partial charge in [0.1, 0.15) is 5.69 Å². The van der Waals surface area contributed by atoms with Gasteiger partial charge in [0.15, 0.2) is 6.61 Å². The number of hydrogen-bond donors (Lipinski definition) is 1. The van der Waals surface area contributed by atoms with E-state index in [1.807, 2.05) is 37.3 Å². The van der Waals surface area contributed by atoms with Crippen LogP contribution >= 0.6 is 0 Å². The lowest BCUT2D eigenvalue weighted by Crippen LogP contribution is -2.25. The second kappa shape index (κ2) is 8.60. The Kier molecular flexibility index (Phi) is 5.97. The fourth-order valence-electron chi connectivity index (χ4n) is 2.98. The van der Waals surface area contributed by atoms with E-state index in [1.54, 1.807) is 42.9 Å². The van der Waals surface area contributed by atoms with Crippen molar-refractivity contribution in [2.75, 3.05) is 11.9 Å². The predicted octanol–water partition coefficient (Wildman–Crippen LogP) is 2.84. The van der Waals surface area contributed by atoms with E-state index >= 15 is 0 Å². The number of ether oxygens (including phenoxy) is 1. The summed E-state index contributed by atoms with van der Waals surface area (Å²) in [6.07, 6.45) is 0.870. The first-order valence-corrected chi connectivity index (χ1v) is 9.32. The maximum Gasteiger partial charge on any atom is 0.338 e. The van der Waals surface area contributed by atoms with Crippen LogP contribution in [0.25, 0.3) is 5.69 Å². The quantitative estimate of drug-likeness (QED) is 0.653. The van der Waals surface area contributed by atoms with Crippen LogP contribution < -0.4 is 10.9 Å². The van der Waals surface area contributed by atoms with Crippen molar-refractivity contribution in [2.45, 2.75) is 20.3 Å². The van der Waals surface area contributed by atoms with Crippen LogP contribution in [0.15, 0.2) is 59.4 Å². The van der Waals surface area contributed by atoms with Gasteiger partial charge in [-0.25, -0.2) is 9.48 Å². The molecule has 3 rings (SSSR count). The summed E-state index contributed by atoms with van der Waals surface area (Å²) in [5, 5.41) is 2.56. The van der Waals surface area contributed by atoms with E-state index < -0.39 is 18.5 Å². The zero-order valence-electron chi connectivity index (χ0n) is 16.6. The van der Waals surface area contributed by atoms with Crippen LogP contribution in [0.1, 0.15) is 28.5 Å². The summed E-state index contributed by atoms with van der Waals surface area (Å²) in [5.41, 5.74) is 2.56. The number of carbonyl (C=O) groups is 2. The minimum atomic E-state index is -0.589. The van der Waals surface area contributed by atoms with E-state index in [4.69, 9.17) is 4.74 Å². The molecule has 29 heavy (non-hydrogen) atoms. The minimum Gasteiger partial charge on any atom is -0.452 e. The average Bonchev–Trinajstić information content (AvgIpc) is 2.95. The van der Waals surface area contributed by atoms with E-state index in [2.05, 4.69) is 5.32 Å². The van der Waals surface area contributed by atoms with Gasteiger partial charge in [-0.15, -0.1) is 0 Å². The van der Waals surface area contributed by atoms with Gasteiger partial charge in [0, 0.05) is 7.05 Å². The maximum absolute atomic E-state index is 12.8. The largest absolute Gasteiger partial charge is 0.452 e. The van der Waals surface area contributed by atoms with E-state index in [-0.39, 0.29) is 11.2 Å². The average molecular weight is 393 g/mol. The molecule has 2 aromatic carbocycles. The van der Waals surface area contributed by atoms with E-state index in [0.29, 0.717) is 16.9 Å². The van der Waals surface area contributed by atoms with Crippen molar-refractivity contribution in [1.82, 2.24) is 9.36 Å². The van der Waals surface area contributed by atoms with Crippen LogP contribution in [-0.4, -0.2) is 27.8 Å². The smallest absolute Gasteiger partial charge is 0.338 e. The van der Waals surface area contributed by atoms with E-state index in [1.165, 1.54) is 4.68 Å². The van der Waals surface area contributed by atoms with Crippen LogP contribution in [0.2, 0.25) is 0 Å². The van der Waals surface area contributed by atoms with Crippen LogP contribution in [-0.2, 0) is 23.0 Å². The normalized spacial score (nSPS) is 10.6. The summed E-state index contributed by atoms with van der Waals surface area (Å²) in [6, 6.07) is 16.1. The molecular weight excluding hydrogens is 370 g/mol. The SMILES string of the molecule is CCc1ccc(C(=O)OCC(=O)Nc2c(C)n(C)n(-c3ccccc3)c2=O)cc1. The number of carbonyl (C=O) groups excluding carboxylic acids is 2. The first-order chi connectivity index (χ1) is 13.9. The fourth-order valence-corrected chi connectivity index (χ4v) is 2.98. The number of nitrogens with zero attached hydrogens (tertiary/aromatic N) is 2. The number of para-hydroxylation sites is 1. The summed E-state index contributed by atoms with van der Waals surface area (Å²) in [6.45, 7) is 3.28. The van der Waals surface area contributed by atoms with Crippen molar-refractivity contribution < 1.29 is 14.3 Å². The third kappa shape index (κ3) is 4.29. The van der Waals surface area contributed by atoms with E-state index in [9.17, 15) is 14.4 Å². The Morgan fingerprint density at radius 1 is 1.03 bits per heavy atom. The highest BCUT2D eigenvalue weighted by molar-refractivity contribution is 5.95. The first kappa shape index (κ1) is 20.1. The molecule has 0 saturated carbocycles. The molecule has 7 nitrogen and oxygen atoms in total. The fraction of sp³-hybridized carbons (Fsp3) is 0.227. The second-order valence-corrected chi connectivity index (χ2v) is 6.61. The molecule has 0 fully saturated rings. The van der Waals surface area contributed by atoms with Gasteiger partial charge in [-0.05, 0) is 43.2 Å². The number of nitrogens with one attached hydrogen (secondary N) is 1. The molecule has 0 saturated heterocycles. The zero-order chi connectivity index (χ0) is 21.0. The first-order valence-electron chi connectivity index (χ1n) is 9.32. The summed E-state index contributed by atoms with van der Waals surface area (Å²) in [7, 11) is 1.74. The molecule has 150 valence electrons. The second-order valence-electron chi connectivity index (χ2n) is 6.61. The Hall–Kier alpha value is -3.61. The van der Waals surface area contributed by atoms with Gasteiger partial charge >= 0.3 is 5.97 Å². The van der Waals surface area contributed by atoms with Gasteiger partial charge in [0.2, 0.25) is 0 Å². The Morgan fingerprint density at radius 2 is 1.69 bits per heavy atom. The van der Waals surface area contributed by atoms with Gasteiger partial charge in [0.25, 0.3) is 11.5 Å². The number of amides is 1. The Morgan fingerprint density at radius 3 is 2.31 bits per heavy atom. The van der Waals surface area contributed by atoms with Crippen LogP contribution in [0.4, 0.5) is 5.69 Å². The Labute approximate surface area is 168 Å². The number of esters is 1. The molecule has 0 bridgehead atoms. The van der Waals surface area contributed by atoms with Crippen molar-refractivity contribution in [3.05, 3.63) is 81.8 Å². The third-order valence-corrected chi connectivity index (χ3v) is 4.75. The maximum atomic E-state index is 12.8. The lowest BCUT2D eigenvalue weighted by atomic mass is 10.1. The van der Waals surface area contributed by atoms with Crippen molar-refractivity contribution in [3.8, 4) is 5.69 Å². The molecule has 0 unspecified atom stereocenters. The molecular formula is C22H23N3O4.